The van der Waals surface area contributed by atoms with Gasteiger partial charge in [0.05, 0.1) is 5.92 Å². The first-order chi connectivity index (χ1) is 9.52. The Morgan fingerprint density at radius 3 is 2.95 bits per heavy atom. The van der Waals surface area contributed by atoms with Crippen LogP contribution >= 0.6 is 23.4 Å². The minimum atomic E-state index is -0.885. The maximum Gasteiger partial charge on any atom is 0.310 e. The summed E-state index contributed by atoms with van der Waals surface area (Å²) in [4.78, 5) is 22.6. The van der Waals surface area contributed by atoms with Gasteiger partial charge in [0, 0.05) is 15.7 Å². The fraction of sp³-hybridized carbons (Fsp3) is 0.357. The molecule has 2 unspecified atom stereocenters. The Hall–Kier alpha value is -1.33. The number of nitrogens with zero attached hydrogens (tertiary/aromatic N) is 1. The lowest BCUT2D eigenvalue weighted by atomic mass is 9.99. The lowest BCUT2D eigenvalue weighted by Crippen LogP contribution is -2.07. The first kappa shape index (κ1) is 15.1. The van der Waals surface area contributed by atoms with Crippen molar-refractivity contribution in [2.45, 2.75) is 25.3 Å². The van der Waals surface area contributed by atoms with Gasteiger partial charge in [0.1, 0.15) is 6.04 Å². The molecule has 0 aliphatic carbocycles. The highest BCUT2D eigenvalue weighted by Crippen LogP contribution is 2.36. The Morgan fingerprint density at radius 2 is 2.35 bits per heavy atom. The second kappa shape index (κ2) is 6.41. The van der Waals surface area contributed by atoms with Gasteiger partial charge in [-0.15, -0.1) is 11.8 Å². The zero-order valence-electron chi connectivity index (χ0n) is 10.9. The Labute approximate surface area is 126 Å². The van der Waals surface area contributed by atoms with E-state index in [1.807, 2.05) is 6.08 Å². The molecule has 106 valence electrons. The smallest absolute Gasteiger partial charge is 0.310 e. The van der Waals surface area contributed by atoms with Crippen LogP contribution in [0, 0.1) is 4.91 Å². The molecule has 1 N–H and O–H groups in total. The van der Waals surface area contributed by atoms with E-state index in [2.05, 4.69) is 5.18 Å². The number of rotatable bonds is 4. The SMILES string of the molecule is CC(C(=O)O)c1ccc(/C=C2\SCCC2N=O)c(Cl)c1. The molecule has 0 spiro atoms. The van der Waals surface area contributed by atoms with Crippen LogP contribution in [0.5, 0.6) is 0 Å². The predicted octanol–water partition coefficient (Wildman–Crippen LogP) is 4.14. The van der Waals surface area contributed by atoms with Crippen molar-refractivity contribution >= 4 is 35.4 Å². The first-order valence-corrected chi connectivity index (χ1v) is 7.58. The molecule has 0 radical (unpaired) electrons. The molecule has 1 aromatic rings. The van der Waals surface area contributed by atoms with Crippen LogP contribution in [0.15, 0.2) is 28.3 Å². The van der Waals surface area contributed by atoms with Crippen LogP contribution in [0.3, 0.4) is 0 Å². The fourth-order valence-electron chi connectivity index (χ4n) is 1.99. The molecular formula is C14H14ClNO3S. The van der Waals surface area contributed by atoms with E-state index in [0.717, 1.165) is 22.6 Å². The number of nitroso groups, excluding NO2 is 1. The largest absolute Gasteiger partial charge is 0.481 e. The molecule has 2 atom stereocenters. The van der Waals surface area contributed by atoms with Crippen molar-refractivity contribution in [2.75, 3.05) is 5.75 Å². The van der Waals surface area contributed by atoms with Crippen molar-refractivity contribution < 1.29 is 9.90 Å². The molecule has 1 aromatic carbocycles. The van der Waals surface area contributed by atoms with Gasteiger partial charge < -0.3 is 5.11 Å². The van der Waals surface area contributed by atoms with Gasteiger partial charge in [0.2, 0.25) is 0 Å². The summed E-state index contributed by atoms with van der Waals surface area (Å²) in [7, 11) is 0. The third-order valence-electron chi connectivity index (χ3n) is 3.31. The zero-order chi connectivity index (χ0) is 14.7. The van der Waals surface area contributed by atoms with Gasteiger partial charge in [-0.25, -0.2) is 0 Å². The van der Waals surface area contributed by atoms with Crippen LogP contribution in [0.4, 0.5) is 0 Å². The third-order valence-corrected chi connectivity index (χ3v) is 4.80. The second-order valence-corrected chi connectivity index (χ2v) is 6.22. The maximum atomic E-state index is 11.0. The minimum Gasteiger partial charge on any atom is -0.481 e. The number of benzene rings is 1. The minimum absolute atomic E-state index is 0.284. The van der Waals surface area contributed by atoms with Crippen molar-refractivity contribution in [1.82, 2.24) is 0 Å². The predicted molar refractivity (Wildman–Crippen MR) is 82.1 cm³/mol. The Morgan fingerprint density at radius 1 is 1.60 bits per heavy atom. The zero-order valence-corrected chi connectivity index (χ0v) is 12.4. The molecule has 4 nitrogen and oxygen atoms in total. The van der Waals surface area contributed by atoms with Crippen LogP contribution in [0.25, 0.3) is 6.08 Å². The highest BCUT2D eigenvalue weighted by molar-refractivity contribution is 8.03. The van der Waals surface area contributed by atoms with E-state index in [-0.39, 0.29) is 6.04 Å². The van der Waals surface area contributed by atoms with Gasteiger partial charge in [0.25, 0.3) is 0 Å². The number of aliphatic carboxylic acids is 1. The van der Waals surface area contributed by atoms with Crippen molar-refractivity contribution in [2.24, 2.45) is 5.18 Å². The van der Waals surface area contributed by atoms with Gasteiger partial charge in [0.15, 0.2) is 0 Å². The summed E-state index contributed by atoms with van der Waals surface area (Å²) >= 11 is 7.80. The van der Waals surface area contributed by atoms with E-state index >= 15 is 0 Å². The molecule has 1 heterocycles. The third kappa shape index (κ3) is 3.22. The van der Waals surface area contributed by atoms with E-state index in [1.54, 1.807) is 36.9 Å². The molecule has 0 saturated carbocycles. The molecule has 0 amide bonds. The summed E-state index contributed by atoms with van der Waals surface area (Å²) in [6.45, 7) is 1.62. The van der Waals surface area contributed by atoms with E-state index in [4.69, 9.17) is 16.7 Å². The van der Waals surface area contributed by atoms with Gasteiger partial charge in [-0.2, -0.15) is 4.91 Å². The Balaban J connectivity index is 2.28. The molecule has 1 saturated heterocycles. The molecule has 0 bridgehead atoms. The molecule has 1 aliphatic heterocycles. The number of hydrogen-bond acceptors (Lipinski definition) is 4. The van der Waals surface area contributed by atoms with E-state index in [0.29, 0.717) is 10.6 Å². The average molecular weight is 312 g/mol. The molecule has 20 heavy (non-hydrogen) atoms. The summed E-state index contributed by atoms with van der Waals surface area (Å²) in [5, 5.41) is 12.6. The number of thioether (sulfide) groups is 1. The molecule has 2 rings (SSSR count). The van der Waals surface area contributed by atoms with Crippen molar-refractivity contribution in [3.05, 3.63) is 44.2 Å². The van der Waals surface area contributed by atoms with E-state index < -0.39 is 11.9 Å². The maximum absolute atomic E-state index is 11.0. The first-order valence-electron chi connectivity index (χ1n) is 6.22. The standard InChI is InChI=1S/C14H14ClNO3S/c1-8(14(17)18)9-2-3-10(11(15)6-9)7-13-12(16-19)4-5-20-13/h2-3,6-8,12H,4-5H2,1H3,(H,17,18)/b13-7-. The molecular weight excluding hydrogens is 298 g/mol. The topological polar surface area (TPSA) is 66.7 Å². The molecule has 0 aromatic heterocycles. The lowest BCUT2D eigenvalue weighted by molar-refractivity contribution is -0.138. The fourth-order valence-corrected chi connectivity index (χ4v) is 3.38. The van der Waals surface area contributed by atoms with Gasteiger partial charge in [-0.1, -0.05) is 28.9 Å². The van der Waals surface area contributed by atoms with Crippen LogP contribution in [0.1, 0.15) is 30.4 Å². The van der Waals surface area contributed by atoms with Crippen molar-refractivity contribution in [1.29, 1.82) is 0 Å². The second-order valence-electron chi connectivity index (χ2n) is 4.65. The van der Waals surface area contributed by atoms with Crippen molar-refractivity contribution in [3.63, 3.8) is 0 Å². The molecule has 6 heteroatoms. The summed E-state index contributed by atoms with van der Waals surface area (Å²) in [6, 6.07) is 4.91. The van der Waals surface area contributed by atoms with E-state index in [9.17, 15) is 9.70 Å². The Kier molecular flexibility index (Phi) is 4.83. The van der Waals surface area contributed by atoms with Crippen LogP contribution in [-0.4, -0.2) is 22.9 Å². The van der Waals surface area contributed by atoms with Crippen LogP contribution < -0.4 is 0 Å². The number of carboxylic acid groups (broad SMARTS) is 1. The lowest BCUT2D eigenvalue weighted by Gasteiger charge is -2.09. The molecule has 1 fully saturated rings. The van der Waals surface area contributed by atoms with Crippen molar-refractivity contribution in [3.8, 4) is 0 Å². The van der Waals surface area contributed by atoms with Crippen LogP contribution in [-0.2, 0) is 4.79 Å². The monoisotopic (exact) mass is 311 g/mol. The van der Waals surface area contributed by atoms with Gasteiger partial charge in [-0.3, -0.25) is 4.79 Å². The summed E-state index contributed by atoms with van der Waals surface area (Å²) in [5.41, 5.74) is 1.44. The molecule has 1 aliphatic rings. The summed E-state index contributed by atoms with van der Waals surface area (Å²) in [6.07, 6.45) is 2.62. The average Bonchev–Trinajstić information content (AvgIpc) is 2.87. The van der Waals surface area contributed by atoms with Gasteiger partial charge >= 0.3 is 5.97 Å². The summed E-state index contributed by atoms with van der Waals surface area (Å²) < 4.78 is 0. The quantitative estimate of drug-likeness (QED) is 0.849. The Bertz CT molecular complexity index is 574. The summed E-state index contributed by atoms with van der Waals surface area (Å²) in [5.74, 6) is -0.600. The number of halogens is 1. The highest BCUT2D eigenvalue weighted by atomic mass is 35.5. The number of hydrogen-bond donors (Lipinski definition) is 1. The number of carboxylic acids is 1. The van der Waals surface area contributed by atoms with Crippen LogP contribution in [0.2, 0.25) is 5.02 Å². The normalized spacial score (nSPS) is 21.9. The van der Waals surface area contributed by atoms with Gasteiger partial charge in [-0.05, 0) is 36.6 Å². The number of carbonyl (C=O) groups is 1. The highest BCUT2D eigenvalue weighted by Gasteiger charge is 2.22. The van der Waals surface area contributed by atoms with E-state index in [1.165, 1.54) is 0 Å².